The number of halogens is 1. The van der Waals surface area contributed by atoms with E-state index in [2.05, 4.69) is 0 Å². The van der Waals surface area contributed by atoms with Gasteiger partial charge in [0, 0.05) is 17.6 Å². The molecule has 0 aliphatic rings. The Morgan fingerprint density at radius 1 is 1.03 bits per heavy atom. The van der Waals surface area contributed by atoms with Crippen molar-refractivity contribution in [1.29, 1.82) is 0 Å². The molecule has 1 N–H and O–H groups in total. The number of carbonyl (C=O) groups excluding carboxylic acids is 2. The fourth-order valence-corrected chi connectivity index (χ4v) is 2.75. The summed E-state index contributed by atoms with van der Waals surface area (Å²) < 4.78 is 10.9. The first kappa shape index (κ1) is 20.6. The Morgan fingerprint density at radius 2 is 1.72 bits per heavy atom. The second kappa shape index (κ2) is 9.41. The highest BCUT2D eigenvalue weighted by molar-refractivity contribution is 6.30. The second-order valence-electron chi connectivity index (χ2n) is 6.45. The Balaban J connectivity index is 1.52. The molecule has 3 rings (SSSR count). The molecule has 0 radical (unpaired) electrons. The van der Waals surface area contributed by atoms with E-state index >= 15 is 0 Å². The van der Waals surface area contributed by atoms with E-state index in [0.29, 0.717) is 27.7 Å². The van der Waals surface area contributed by atoms with Crippen LogP contribution >= 0.6 is 11.6 Å². The van der Waals surface area contributed by atoms with Crippen molar-refractivity contribution in [1.82, 2.24) is 4.90 Å². The van der Waals surface area contributed by atoms with Gasteiger partial charge in [0.15, 0.2) is 6.61 Å². The molecule has 6 nitrogen and oxygen atoms in total. The van der Waals surface area contributed by atoms with Crippen LogP contribution in [-0.2, 0) is 22.7 Å². The van der Waals surface area contributed by atoms with Gasteiger partial charge in [0.1, 0.15) is 11.5 Å². The third-order valence-electron chi connectivity index (χ3n) is 4.31. The van der Waals surface area contributed by atoms with Gasteiger partial charge in [-0.15, -0.1) is 0 Å². The summed E-state index contributed by atoms with van der Waals surface area (Å²) in [6.07, 6.45) is 0. The van der Waals surface area contributed by atoms with Gasteiger partial charge < -0.3 is 19.2 Å². The predicted octanol–water partition coefficient (Wildman–Crippen LogP) is 3.91. The van der Waals surface area contributed by atoms with Crippen molar-refractivity contribution in [2.24, 2.45) is 0 Å². The Labute approximate surface area is 173 Å². The van der Waals surface area contributed by atoms with Crippen LogP contribution < -0.4 is 0 Å². The number of amides is 1. The lowest BCUT2D eigenvalue weighted by Gasteiger charge is -2.15. The summed E-state index contributed by atoms with van der Waals surface area (Å²) in [6, 6.07) is 17.2. The molecule has 150 valence electrons. The lowest BCUT2D eigenvalue weighted by atomic mass is 10.1. The molecular formula is C22H20ClNO5. The highest BCUT2D eigenvalue weighted by atomic mass is 35.5. The number of hydrogen-bond acceptors (Lipinski definition) is 5. The molecule has 1 amide bonds. The molecule has 3 aromatic rings. The van der Waals surface area contributed by atoms with E-state index in [-0.39, 0.29) is 25.7 Å². The number of esters is 1. The summed E-state index contributed by atoms with van der Waals surface area (Å²) in [7, 11) is 1.61. The molecule has 0 unspecified atom stereocenters. The number of rotatable bonds is 7. The van der Waals surface area contributed by atoms with Gasteiger partial charge in [-0.3, -0.25) is 4.79 Å². The third-order valence-corrected chi connectivity index (χ3v) is 4.56. The fraction of sp³-hybridized carbons (Fsp3) is 0.182. The van der Waals surface area contributed by atoms with E-state index in [0.717, 1.165) is 5.56 Å². The maximum Gasteiger partial charge on any atom is 0.338 e. The van der Waals surface area contributed by atoms with Crippen molar-refractivity contribution in [3.8, 4) is 11.3 Å². The summed E-state index contributed by atoms with van der Waals surface area (Å²) >= 11 is 5.89. The van der Waals surface area contributed by atoms with Gasteiger partial charge in [-0.1, -0.05) is 23.7 Å². The molecule has 29 heavy (non-hydrogen) atoms. The number of benzene rings is 2. The minimum absolute atomic E-state index is 0.106. The number of hydrogen-bond donors (Lipinski definition) is 1. The maximum atomic E-state index is 12.3. The van der Waals surface area contributed by atoms with E-state index in [4.69, 9.17) is 25.9 Å². The van der Waals surface area contributed by atoms with Crippen LogP contribution in [0.3, 0.4) is 0 Å². The zero-order valence-corrected chi connectivity index (χ0v) is 16.6. The summed E-state index contributed by atoms with van der Waals surface area (Å²) in [5, 5.41) is 9.67. The van der Waals surface area contributed by atoms with Gasteiger partial charge in [-0.05, 0) is 54.1 Å². The van der Waals surface area contributed by atoms with Gasteiger partial charge in [0.05, 0.1) is 18.7 Å². The van der Waals surface area contributed by atoms with Crippen LogP contribution in [0, 0.1) is 0 Å². The smallest absolute Gasteiger partial charge is 0.338 e. The normalized spacial score (nSPS) is 10.6. The van der Waals surface area contributed by atoms with Crippen molar-refractivity contribution in [2.45, 2.75) is 13.2 Å². The van der Waals surface area contributed by atoms with Crippen LogP contribution in [0.1, 0.15) is 21.7 Å². The van der Waals surface area contributed by atoms with E-state index in [1.807, 2.05) is 18.2 Å². The number of aliphatic hydroxyl groups is 1. The van der Waals surface area contributed by atoms with Crippen LogP contribution in [0.5, 0.6) is 0 Å². The molecule has 0 atom stereocenters. The van der Waals surface area contributed by atoms with E-state index in [9.17, 15) is 9.59 Å². The topological polar surface area (TPSA) is 80.0 Å². The monoisotopic (exact) mass is 413 g/mol. The van der Waals surface area contributed by atoms with Gasteiger partial charge in [-0.25, -0.2) is 4.79 Å². The van der Waals surface area contributed by atoms with Crippen LogP contribution in [0.25, 0.3) is 11.3 Å². The maximum absolute atomic E-state index is 12.3. The molecule has 0 fully saturated rings. The summed E-state index contributed by atoms with van der Waals surface area (Å²) in [6.45, 7) is -0.234. The van der Waals surface area contributed by atoms with Crippen LogP contribution in [0.15, 0.2) is 65.1 Å². The molecule has 0 aliphatic carbocycles. The first-order valence-electron chi connectivity index (χ1n) is 8.92. The summed E-state index contributed by atoms with van der Waals surface area (Å²) in [5.74, 6) is 0.334. The van der Waals surface area contributed by atoms with E-state index in [1.54, 1.807) is 49.5 Å². The van der Waals surface area contributed by atoms with Crippen molar-refractivity contribution in [2.75, 3.05) is 13.7 Å². The highest BCUT2D eigenvalue weighted by Gasteiger charge is 2.15. The van der Waals surface area contributed by atoms with Crippen LogP contribution in [-0.4, -0.2) is 35.5 Å². The lowest BCUT2D eigenvalue weighted by molar-refractivity contribution is -0.133. The molecule has 0 aliphatic heterocycles. The molecule has 1 aromatic heterocycles. The number of likely N-dealkylation sites (N-methyl/N-ethyl adjacent to an activating group) is 1. The Bertz CT molecular complexity index is 979. The largest absolute Gasteiger partial charge is 0.459 e. The SMILES string of the molecule is CN(Cc1ccc(-c2ccc(Cl)cc2)o1)C(=O)COC(=O)c1ccc(CO)cc1. The van der Waals surface area contributed by atoms with Gasteiger partial charge in [0.25, 0.3) is 5.91 Å². The summed E-state index contributed by atoms with van der Waals surface area (Å²) in [4.78, 5) is 25.7. The Kier molecular flexibility index (Phi) is 6.69. The number of aliphatic hydroxyl groups excluding tert-OH is 1. The molecule has 1 heterocycles. The van der Waals surface area contributed by atoms with Gasteiger partial charge >= 0.3 is 5.97 Å². The molecular weight excluding hydrogens is 394 g/mol. The zero-order chi connectivity index (χ0) is 20.8. The van der Waals surface area contributed by atoms with Crippen LogP contribution in [0.4, 0.5) is 0 Å². The predicted molar refractivity (Wildman–Crippen MR) is 108 cm³/mol. The lowest BCUT2D eigenvalue weighted by Crippen LogP contribution is -2.30. The number of nitrogens with zero attached hydrogens (tertiary/aromatic N) is 1. The standard InChI is InChI=1S/C22H20ClNO5/c1-24(12-19-10-11-20(29-19)16-6-8-18(23)9-7-16)21(26)14-28-22(27)17-4-2-15(13-25)3-5-17/h2-11,25H,12-14H2,1H3. The average Bonchev–Trinajstić information content (AvgIpc) is 3.20. The first-order valence-corrected chi connectivity index (χ1v) is 9.29. The minimum atomic E-state index is -0.598. The zero-order valence-electron chi connectivity index (χ0n) is 15.8. The molecule has 7 heteroatoms. The Hall–Kier alpha value is -3.09. The number of furan rings is 1. The number of ether oxygens (including phenoxy) is 1. The molecule has 0 saturated carbocycles. The molecule has 2 aromatic carbocycles. The fourth-order valence-electron chi connectivity index (χ4n) is 2.62. The van der Waals surface area contributed by atoms with Crippen molar-refractivity contribution in [3.63, 3.8) is 0 Å². The van der Waals surface area contributed by atoms with Crippen molar-refractivity contribution < 1.29 is 23.8 Å². The highest BCUT2D eigenvalue weighted by Crippen LogP contribution is 2.24. The number of carbonyl (C=O) groups is 2. The van der Waals surface area contributed by atoms with Gasteiger partial charge in [0.2, 0.25) is 0 Å². The second-order valence-corrected chi connectivity index (χ2v) is 6.89. The minimum Gasteiger partial charge on any atom is -0.459 e. The quantitative estimate of drug-likeness (QED) is 0.594. The van der Waals surface area contributed by atoms with E-state index in [1.165, 1.54) is 4.90 Å². The molecule has 0 spiro atoms. The van der Waals surface area contributed by atoms with Crippen molar-refractivity contribution in [3.05, 3.63) is 82.6 Å². The first-order chi connectivity index (χ1) is 14.0. The van der Waals surface area contributed by atoms with Crippen molar-refractivity contribution >= 4 is 23.5 Å². The third kappa shape index (κ3) is 5.47. The van der Waals surface area contributed by atoms with Crippen LogP contribution in [0.2, 0.25) is 5.02 Å². The Morgan fingerprint density at radius 3 is 2.38 bits per heavy atom. The average molecular weight is 414 g/mol. The molecule has 0 bridgehead atoms. The van der Waals surface area contributed by atoms with Gasteiger partial charge in [-0.2, -0.15) is 0 Å². The summed E-state index contributed by atoms with van der Waals surface area (Å²) in [5.41, 5.74) is 1.89. The van der Waals surface area contributed by atoms with E-state index < -0.39 is 5.97 Å². The molecule has 0 saturated heterocycles.